The molecule has 0 atom stereocenters. The number of para-hydroxylation sites is 1. The number of ether oxygens (including phenoxy) is 1. The second-order valence-electron chi connectivity index (χ2n) is 6.13. The summed E-state index contributed by atoms with van der Waals surface area (Å²) in [5, 5.41) is 10.6. The summed E-state index contributed by atoms with van der Waals surface area (Å²) < 4.78 is 18.6. The number of rotatable bonds is 4. The fraction of sp³-hybridized carbons (Fsp3) is 0.316. The first-order valence-electron chi connectivity index (χ1n) is 8.01. The predicted octanol–water partition coefficient (Wildman–Crippen LogP) is 2.87. The number of halogens is 1. The molecule has 1 aliphatic rings. The number of nitrogens with zero attached hydrogens (tertiary/aromatic N) is 1. The molecule has 0 radical (unpaired) electrons. The molecule has 1 amide bonds. The van der Waals surface area contributed by atoms with Gasteiger partial charge in [0.05, 0.1) is 0 Å². The maximum Gasteiger partial charge on any atom is 0.253 e. The summed E-state index contributed by atoms with van der Waals surface area (Å²) in [5.74, 6) is 0.217. The Hall–Kier alpha value is -2.40. The van der Waals surface area contributed by atoms with Gasteiger partial charge in [0.1, 0.15) is 23.8 Å². The second kappa shape index (κ2) is 7.01. The van der Waals surface area contributed by atoms with Crippen molar-refractivity contribution >= 4 is 5.91 Å². The maximum absolute atomic E-state index is 12.9. The van der Waals surface area contributed by atoms with E-state index >= 15 is 0 Å². The summed E-state index contributed by atoms with van der Waals surface area (Å²) >= 11 is 0. The van der Waals surface area contributed by atoms with Crippen LogP contribution in [-0.2, 0) is 0 Å². The fourth-order valence-electron chi connectivity index (χ4n) is 2.78. The van der Waals surface area contributed by atoms with Gasteiger partial charge >= 0.3 is 0 Å². The highest BCUT2D eigenvalue weighted by molar-refractivity contribution is 5.94. The average Bonchev–Trinajstić information content (AvgIpc) is 2.62. The number of amides is 1. The molecule has 0 saturated carbocycles. The molecule has 1 heterocycles. The minimum absolute atomic E-state index is 0.138. The summed E-state index contributed by atoms with van der Waals surface area (Å²) in [5.41, 5.74) is -0.475. The molecule has 24 heavy (non-hydrogen) atoms. The SMILES string of the molecule is O=C(c1ccc(F)cc1)N1CCC(O)(COc2ccccc2)CC1. The van der Waals surface area contributed by atoms with Crippen molar-refractivity contribution < 1.29 is 19.0 Å². The molecule has 1 saturated heterocycles. The third-order valence-corrected chi connectivity index (χ3v) is 4.32. The number of likely N-dealkylation sites (tertiary alicyclic amines) is 1. The lowest BCUT2D eigenvalue weighted by Crippen LogP contribution is -2.49. The molecule has 126 valence electrons. The standard InChI is InChI=1S/C19H20FNO3/c20-16-8-6-15(7-9-16)18(22)21-12-10-19(23,11-13-21)14-24-17-4-2-1-3-5-17/h1-9,23H,10-14H2. The van der Waals surface area contributed by atoms with Gasteiger partial charge in [0.2, 0.25) is 0 Å². The van der Waals surface area contributed by atoms with Crippen molar-refractivity contribution in [1.29, 1.82) is 0 Å². The Morgan fingerprint density at radius 1 is 1.08 bits per heavy atom. The monoisotopic (exact) mass is 329 g/mol. The Balaban J connectivity index is 1.54. The van der Waals surface area contributed by atoms with Gasteiger partial charge < -0.3 is 14.7 Å². The Morgan fingerprint density at radius 3 is 2.33 bits per heavy atom. The molecule has 1 N–H and O–H groups in total. The molecule has 5 heteroatoms. The van der Waals surface area contributed by atoms with Crippen LogP contribution in [0, 0.1) is 5.82 Å². The van der Waals surface area contributed by atoms with Crippen LogP contribution >= 0.6 is 0 Å². The van der Waals surface area contributed by atoms with Gasteiger partial charge in [-0.25, -0.2) is 4.39 Å². The van der Waals surface area contributed by atoms with Crippen molar-refractivity contribution in [3.63, 3.8) is 0 Å². The smallest absolute Gasteiger partial charge is 0.253 e. The highest BCUT2D eigenvalue weighted by Gasteiger charge is 2.35. The minimum Gasteiger partial charge on any atom is -0.491 e. The normalized spacial score (nSPS) is 16.7. The molecule has 0 unspecified atom stereocenters. The molecule has 4 nitrogen and oxygen atoms in total. The summed E-state index contributed by atoms with van der Waals surface area (Å²) in [6.07, 6.45) is 0.902. The first kappa shape index (κ1) is 16.5. The van der Waals surface area contributed by atoms with E-state index < -0.39 is 5.60 Å². The van der Waals surface area contributed by atoms with Crippen LogP contribution in [-0.4, -0.2) is 41.2 Å². The second-order valence-corrected chi connectivity index (χ2v) is 6.13. The zero-order valence-electron chi connectivity index (χ0n) is 13.3. The summed E-state index contributed by atoms with van der Waals surface area (Å²) in [4.78, 5) is 14.1. The lowest BCUT2D eigenvalue weighted by atomic mass is 9.92. The quantitative estimate of drug-likeness (QED) is 0.938. The van der Waals surface area contributed by atoms with E-state index in [0.717, 1.165) is 5.75 Å². The Morgan fingerprint density at radius 2 is 1.71 bits per heavy atom. The summed E-state index contributed by atoms with van der Waals surface area (Å²) in [6.45, 7) is 1.10. The number of benzene rings is 2. The fourth-order valence-corrected chi connectivity index (χ4v) is 2.78. The first-order chi connectivity index (χ1) is 11.6. The zero-order valence-corrected chi connectivity index (χ0v) is 13.3. The van der Waals surface area contributed by atoms with Crippen molar-refractivity contribution in [2.45, 2.75) is 18.4 Å². The third kappa shape index (κ3) is 3.92. The lowest BCUT2D eigenvalue weighted by molar-refractivity contribution is -0.0475. The lowest BCUT2D eigenvalue weighted by Gasteiger charge is -2.38. The van der Waals surface area contributed by atoms with E-state index in [4.69, 9.17) is 4.74 Å². The molecule has 0 aliphatic carbocycles. The van der Waals surface area contributed by atoms with Gasteiger partial charge in [-0.1, -0.05) is 18.2 Å². The van der Waals surface area contributed by atoms with Crippen molar-refractivity contribution in [2.75, 3.05) is 19.7 Å². The van der Waals surface area contributed by atoms with Crippen molar-refractivity contribution in [1.82, 2.24) is 4.90 Å². The van der Waals surface area contributed by atoms with E-state index in [1.807, 2.05) is 30.3 Å². The minimum atomic E-state index is -0.935. The number of hydrogen-bond acceptors (Lipinski definition) is 3. The van der Waals surface area contributed by atoms with Gasteiger partial charge in [-0.3, -0.25) is 4.79 Å². The number of carbonyl (C=O) groups excluding carboxylic acids is 1. The summed E-state index contributed by atoms with van der Waals surface area (Å²) in [6, 6.07) is 14.9. The third-order valence-electron chi connectivity index (χ3n) is 4.32. The number of hydrogen-bond donors (Lipinski definition) is 1. The van der Waals surface area contributed by atoms with Gasteiger partial charge in [0.15, 0.2) is 0 Å². The van der Waals surface area contributed by atoms with E-state index in [1.54, 1.807) is 4.90 Å². The van der Waals surface area contributed by atoms with Crippen LogP contribution in [0.3, 0.4) is 0 Å². The molecule has 2 aromatic carbocycles. The highest BCUT2D eigenvalue weighted by atomic mass is 19.1. The Kier molecular flexibility index (Phi) is 4.81. The number of aliphatic hydroxyl groups is 1. The molecule has 0 aromatic heterocycles. The van der Waals surface area contributed by atoms with Crippen molar-refractivity contribution in [2.24, 2.45) is 0 Å². The van der Waals surface area contributed by atoms with E-state index in [0.29, 0.717) is 31.5 Å². The van der Waals surface area contributed by atoms with Crippen LogP contribution < -0.4 is 4.74 Å². The van der Waals surface area contributed by atoms with E-state index in [1.165, 1.54) is 24.3 Å². The van der Waals surface area contributed by atoms with Crippen LogP contribution in [0.2, 0.25) is 0 Å². The van der Waals surface area contributed by atoms with Gasteiger partial charge in [-0.05, 0) is 49.2 Å². The largest absolute Gasteiger partial charge is 0.491 e. The van der Waals surface area contributed by atoms with Crippen LogP contribution in [0.5, 0.6) is 5.75 Å². The molecule has 1 aliphatic heterocycles. The first-order valence-corrected chi connectivity index (χ1v) is 8.01. The van der Waals surface area contributed by atoms with Crippen molar-refractivity contribution in [3.05, 3.63) is 66.0 Å². The summed E-state index contributed by atoms with van der Waals surface area (Å²) in [7, 11) is 0. The van der Waals surface area contributed by atoms with E-state index in [9.17, 15) is 14.3 Å². The van der Waals surface area contributed by atoms with Gasteiger partial charge in [-0.15, -0.1) is 0 Å². The molecule has 1 fully saturated rings. The van der Waals surface area contributed by atoms with Crippen molar-refractivity contribution in [3.8, 4) is 5.75 Å². The molecular formula is C19H20FNO3. The van der Waals surface area contributed by atoms with Gasteiger partial charge in [0, 0.05) is 18.7 Å². The van der Waals surface area contributed by atoms with E-state index in [-0.39, 0.29) is 18.3 Å². The van der Waals surface area contributed by atoms with Crippen LogP contribution in [0.15, 0.2) is 54.6 Å². The highest BCUT2D eigenvalue weighted by Crippen LogP contribution is 2.25. The zero-order chi connectivity index (χ0) is 17.0. The Labute approximate surface area is 140 Å². The number of carbonyl (C=O) groups is 1. The average molecular weight is 329 g/mol. The van der Waals surface area contributed by atoms with E-state index in [2.05, 4.69) is 0 Å². The maximum atomic E-state index is 12.9. The molecule has 0 spiro atoms. The van der Waals surface area contributed by atoms with Gasteiger partial charge in [-0.2, -0.15) is 0 Å². The van der Waals surface area contributed by atoms with Crippen LogP contribution in [0.25, 0.3) is 0 Å². The van der Waals surface area contributed by atoms with Crippen LogP contribution in [0.4, 0.5) is 4.39 Å². The topological polar surface area (TPSA) is 49.8 Å². The predicted molar refractivity (Wildman–Crippen MR) is 88.4 cm³/mol. The Bertz CT molecular complexity index is 680. The van der Waals surface area contributed by atoms with Crippen LogP contribution in [0.1, 0.15) is 23.2 Å². The molecule has 3 rings (SSSR count). The van der Waals surface area contributed by atoms with Gasteiger partial charge in [0.25, 0.3) is 5.91 Å². The molecular weight excluding hydrogens is 309 g/mol. The molecule has 2 aromatic rings. The number of piperidine rings is 1. The molecule has 0 bridgehead atoms.